The van der Waals surface area contributed by atoms with E-state index in [2.05, 4.69) is 218 Å². The zero-order valence-corrected chi connectivity index (χ0v) is 36.4. The molecule has 2 atom stereocenters. The standard InChI is InChI=1S/C63H55N/c1-4-24-52(5-2)63(53-32-17-10-18-33-53)61-38-22-21-37-59(61)60-44-43-56(46-62(60)63)64(55-41-39-50(40-42-55)58-36-20-19-35-57(58)49-29-15-9-16-30-49)54(6-3)34-23-31-51(48-27-13-8-14-28-48)45-47-25-11-7-12-26-47/h4-6,9-11,13,15-23,25-46,52H,1-3,7-8,12,14,24H2/b31-23+,51-45-,54-34+/i3D,34D/b6-3?,31-23+,51-45-,54-34+. The quantitative estimate of drug-likeness (QED) is 0.0736. The average molecular weight is 828 g/mol. The Hall–Kier alpha value is -7.48. The van der Waals surface area contributed by atoms with Gasteiger partial charge in [0.05, 0.1) is 8.16 Å². The van der Waals surface area contributed by atoms with Crippen LogP contribution < -0.4 is 4.90 Å². The predicted molar refractivity (Wildman–Crippen MR) is 275 cm³/mol. The second kappa shape index (κ2) is 19.3. The van der Waals surface area contributed by atoms with Crippen molar-refractivity contribution in [2.24, 2.45) is 5.92 Å². The molecule has 2 unspecified atom stereocenters. The smallest absolute Gasteiger partial charge is 0.0645 e. The number of anilines is 2. The van der Waals surface area contributed by atoms with Crippen LogP contribution >= 0.6 is 0 Å². The van der Waals surface area contributed by atoms with Crippen molar-refractivity contribution in [3.05, 3.63) is 289 Å². The van der Waals surface area contributed by atoms with Gasteiger partial charge in [0.1, 0.15) is 0 Å². The molecule has 64 heavy (non-hydrogen) atoms. The van der Waals surface area contributed by atoms with Gasteiger partial charge in [-0.2, -0.15) is 0 Å². The highest BCUT2D eigenvalue weighted by Crippen LogP contribution is 2.58. The van der Waals surface area contributed by atoms with Crippen LogP contribution in [0.2, 0.25) is 0 Å². The number of fused-ring (bicyclic) bond motifs is 3. The van der Waals surface area contributed by atoms with E-state index < -0.39 is 5.41 Å². The van der Waals surface area contributed by atoms with Crippen LogP contribution in [0, 0.1) is 5.92 Å². The average Bonchev–Trinajstić information content (AvgIpc) is 3.68. The van der Waals surface area contributed by atoms with Crippen molar-refractivity contribution in [2.45, 2.75) is 37.5 Å². The topological polar surface area (TPSA) is 3.24 Å². The molecule has 1 nitrogen and oxygen atoms in total. The monoisotopic (exact) mass is 827 g/mol. The van der Waals surface area contributed by atoms with Crippen molar-refractivity contribution in [1.82, 2.24) is 0 Å². The van der Waals surface area contributed by atoms with Crippen LogP contribution in [-0.2, 0) is 5.41 Å². The number of hydrogen-bond donors (Lipinski definition) is 0. The highest BCUT2D eigenvalue weighted by atomic mass is 15.1. The van der Waals surface area contributed by atoms with Crippen molar-refractivity contribution < 1.29 is 2.74 Å². The molecule has 0 saturated heterocycles. The van der Waals surface area contributed by atoms with Gasteiger partial charge in [-0.3, -0.25) is 0 Å². The molecular formula is C63H55N. The van der Waals surface area contributed by atoms with Crippen molar-refractivity contribution in [1.29, 1.82) is 0 Å². The van der Waals surface area contributed by atoms with Gasteiger partial charge in [-0.25, -0.2) is 0 Å². The minimum absolute atomic E-state index is 0.00670. The van der Waals surface area contributed by atoms with E-state index in [1.54, 1.807) is 6.08 Å². The Bertz CT molecular complexity index is 2990. The van der Waals surface area contributed by atoms with E-state index in [1.165, 1.54) is 39.9 Å². The number of benzene rings is 6. The maximum Gasteiger partial charge on any atom is 0.0645 e. The molecule has 0 fully saturated rings. The SMILES string of the molecule is [2H]C=C\C(=C([2H])/C=C/C(=C/C1=CCCC=C1)C1=CCCC=C1)N(c1ccc(-c2ccccc2-c2ccccc2)cc1)c1ccc2c(c1)C(c1ccccc1)(C(C=C)CC=C)c1ccccc1-2. The molecule has 0 saturated carbocycles. The molecule has 312 valence electrons. The molecule has 0 aromatic heterocycles. The lowest BCUT2D eigenvalue weighted by Crippen LogP contribution is -2.35. The molecule has 0 N–H and O–H groups in total. The summed E-state index contributed by atoms with van der Waals surface area (Å²) in [6.45, 7) is 9.95. The van der Waals surface area contributed by atoms with E-state index in [0.717, 1.165) is 76.9 Å². The third-order valence-corrected chi connectivity index (χ3v) is 12.8. The molecule has 0 spiro atoms. The Morgan fingerprint density at radius 3 is 1.97 bits per heavy atom. The minimum atomic E-state index is -0.572. The van der Waals surface area contributed by atoms with Gasteiger partial charge >= 0.3 is 0 Å². The first-order chi connectivity index (χ1) is 32.5. The van der Waals surface area contributed by atoms with Gasteiger partial charge in [-0.05, 0) is 147 Å². The highest BCUT2D eigenvalue weighted by Gasteiger charge is 2.48. The summed E-state index contributed by atoms with van der Waals surface area (Å²) in [6.07, 6.45) is 30.2. The van der Waals surface area contributed by atoms with Gasteiger partial charge in [0, 0.05) is 17.1 Å². The molecule has 0 amide bonds. The molecule has 0 radical (unpaired) electrons. The molecule has 3 aliphatic rings. The molecule has 0 heterocycles. The van der Waals surface area contributed by atoms with Crippen LogP contribution in [0.5, 0.6) is 0 Å². The van der Waals surface area contributed by atoms with E-state index in [0.29, 0.717) is 5.70 Å². The van der Waals surface area contributed by atoms with Gasteiger partial charge in [0.2, 0.25) is 0 Å². The summed E-state index contributed by atoms with van der Waals surface area (Å²) in [5.74, 6) is -0.00670. The lowest BCUT2D eigenvalue weighted by molar-refractivity contribution is 0.461. The van der Waals surface area contributed by atoms with Gasteiger partial charge in [0.15, 0.2) is 0 Å². The lowest BCUT2D eigenvalue weighted by Gasteiger charge is -2.39. The fourth-order valence-electron chi connectivity index (χ4n) is 9.90. The summed E-state index contributed by atoms with van der Waals surface area (Å²) >= 11 is 0. The molecule has 0 bridgehead atoms. The van der Waals surface area contributed by atoms with Crippen molar-refractivity contribution >= 4 is 11.4 Å². The molecule has 6 aromatic carbocycles. The Balaban J connectivity index is 1.25. The van der Waals surface area contributed by atoms with E-state index in [1.807, 2.05) is 18.2 Å². The van der Waals surface area contributed by atoms with Crippen LogP contribution in [0.3, 0.4) is 0 Å². The minimum Gasteiger partial charge on any atom is -0.311 e. The fraction of sp³-hybridized carbons (Fsp3) is 0.111. The Labute approximate surface area is 383 Å². The summed E-state index contributed by atoms with van der Waals surface area (Å²) in [5, 5.41) is 0. The molecule has 9 rings (SSSR count). The summed E-state index contributed by atoms with van der Waals surface area (Å²) in [6, 6.07) is 54.3. The van der Waals surface area contributed by atoms with Gasteiger partial charge in [0.25, 0.3) is 0 Å². The zero-order chi connectivity index (χ0) is 45.3. The predicted octanol–water partition coefficient (Wildman–Crippen LogP) is 17.0. The number of hydrogen-bond acceptors (Lipinski definition) is 1. The van der Waals surface area contributed by atoms with Gasteiger partial charge in [-0.1, -0.05) is 195 Å². The maximum absolute atomic E-state index is 9.91. The first-order valence-electron chi connectivity index (χ1n) is 23.6. The highest BCUT2D eigenvalue weighted by molar-refractivity contribution is 5.88. The second-order valence-electron chi connectivity index (χ2n) is 16.6. The molecule has 1 heteroatoms. The number of allylic oxidation sites excluding steroid dienone is 16. The largest absolute Gasteiger partial charge is 0.311 e. The first kappa shape index (κ1) is 39.4. The first-order valence-corrected chi connectivity index (χ1v) is 22.5. The van der Waals surface area contributed by atoms with E-state index in [4.69, 9.17) is 1.37 Å². The zero-order valence-electron chi connectivity index (χ0n) is 38.4. The van der Waals surface area contributed by atoms with E-state index >= 15 is 0 Å². The van der Waals surface area contributed by atoms with Crippen LogP contribution in [0.25, 0.3) is 33.4 Å². The Morgan fingerprint density at radius 1 is 0.656 bits per heavy atom. The van der Waals surface area contributed by atoms with E-state index in [-0.39, 0.29) is 12.0 Å². The Morgan fingerprint density at radius 2 is 1.30 bits per heavy atom. The third-order valence-electron chi connectivity index (χ3n) is 12.8. The molecule has 6 aromatic rings. The van der Waals surface area contributed by atoms with Gasteiger partial charge in [-0.15, -0.1) is 13.2 Å². The Kier molecular flexibility index (Phi) is 11.9. The van der Waals surface area contributed by atoms with Crippen LogP contribution in [-0.4, -0.2) is 0 Å². The molecular weight excluding hydrogens is 771 g/mol. The number of rotatable bonds is 15. The molecule has 3 aliphatic carbocycles. The second-order valence-corrected chi connectivity index (χ2v) is 16.6. The maximum atomic E-state index is 9.91. The summed E-state index contributed by atoms with van der Waals surface area (Å²) in [4.78, 5) is 2.15. The fourth-order valence-corrected chi connectivity index (χ4v) is 9.90. The molecule has 0 aliphatic heterocycles. The van der Waals surface area contributed by atoms with Crippen molar-refractivity contribution in [3.63, 3.8) is 0 Å². The normalized spacial score (nSPS) is 18.0. The third kappa shape index (κ3) is 8.14. The number of nitrogens with zero attached hydrogens (tertiary/aromatic N) is 1. The summed E-state index contributed by atoms with van der Waals surface area (Å²) < 4.78 is 18.5. The summed E-state index contributed by atoms with van der Waals surface area (Å²) in [7, 11) is 0. The van der Waals surface area contributed by atoms with Crippen LogP contribution in [0.4, 0.5) is 11.4 Å². The summed E-state index contributed by atoms with van der Waals surface area (Å²) in [5.41, 5.74) is 15.7. The lowest BCUT2D eigenvalue weighted by atomic mass is 9.63. The van der Waals surface area contributed by atoms with Crippen LogP contribution in [0.1, 0.15) is 51.5 Å². The van der Waals surface area contributed by atoms with E-state index in [9.17, 15) is 1.37 Å². The van der Waals surface area contributed by atoms with Crippen LogP contribution in [0.15, 0.2) is 273 Å². The van der Waals surface area contributed by atoms with Crippen molar-refractivity contribution in [3.8, 4) is 33.4 Å². The van der Waals surface area contributed by atoms with Crippen molar-refractivity contribution in [2.75, 3.05) is 4.90 Å². The van der Waals surface area contributed by atoms with Gasteiger partial charge < -0.3 is 4.90 Å².